The topological polar surface area (TPSA) is 17.1 Å². The molecule has 0 fully saturated rings. The molecule has 0 aromatic heterocycles. The third-order valence-electron chi connectivity index (χ3n) is 2.10. The van der Waals surface area contributed by atoms with E-state index in [1.54, 1.807) is 0 Å². The van der Waals surface area contributed by atoms with E-state index >= 15 is 0 Å². The van der Waals surface area contributed by atoms with Crippen LogP contribution in [-0.2, 0) is 11.2 Å². The van der Waals surface area contributed by atoms with Crippen LogP contribution in [0.4, 0.5) is 0 Å². The largest absolute Gasteiger partial charge is 0.303 e. The molecule has 0 amide bonds. The fraction of sp³-hybridized carbons (Fsp3) is 0.364. The molecule has 0 aliphatic rings. The van der Waals surface area contributed by atoms with Crippen LogP contribution in [0.5, 0.6) is 0 Å². The summed E-state index contributed by atoms with van der Waals surface area (Å²) in [5.74, 6) is 0.124. The highest BCUT2D eigenvalue weighted by Crippen LogP contribution is 2.15. The summed E-state index contributed by atoms with van der Waals surface area (Å²) in [5.41, 5.74) is 1.13. The maximum absolute atomic E-state index is 10.6. The van der Waals surface area contributed by atoms with Crippen molar-refractivity contribution in [3.8, 4) is 0 Å². The Bertz CT molecular complexity index is 283. The minimum absolute atomic E-state index is 0.124. The zero-order chi connectivity index (χ0) is 9.68. The first-order chi connectivity index (χ1) is 6.26. The van der Waals surface area contributed by atoms with Crippen molar-refractivity contribution >= 4 is 17.9 Å². The van der Waals surface area contributed by atoms with E-state index < -0.39 is 0 Å². The maximum Gasteiger partial charge on any atom is 0.123 e. The van der Waals surface area contributed by atoms with Crippen molar-refractivity contribution in [3.63, 3.8) is 0 Å². The average Bonchev–Trinajstić information content (AvgIpc) is 2.14. The highest BCUT2D eigenvalue weighted by Gasteiger charge is 2.05. The van der Waals surface area contributed by atoms with Crippen molar-refractivity contribution in [1.82, 2.24) is 0 Å². The van der Waals surface area contributed by atoms with Gasteiger partial charge in [-0.05, 0) is 30.5 Å². The molecule has 0 aliphatic carbocycles. The average molecular weight is 197 g/mol. The minimum Gasteiger partial charge on any atom is -0.303 e. The molecule has 0 radical (unpaired) electrons. The van der Waals surface area contributed by atoms with Crippen LogP contribution in [0.3, 0.4) is 0 Å². The van der Waals surface area contributed by atoms with Crippen molar-refractivity contribution in [2.24, 2.45) is 5.92 Å². The zero-order valence-corrected chi connectivity index (χ0v) is 8.42. The summed E-state index contributed by atoms with van der Waals surface area (Å²) < 4.78 is 0. The SMILES string of the molecule is CCC(C=O)Cc1cccc(Cl)c1. The third kappa shape index (κ3) is 3.19. The first-order valence-corrected chi connectivity index (χ1v) is 4.83. The molecule has 1 atom stereocenters. The van der Waals surface area contributed by atoms with E-state index in [4.69, 9.17) is 11.6 Å². The number of halogens is 1. The molecule has 1 nitrogen and oxygen atoms in total. The molecule has 2 heteroatoms. The van der Waals surface area contributed by atoms with Gasteiger partial charge in [0.1, 0.15) is 6.29 Å². The Morgan fingerprint density at radius 3 is 2.85 bits per heavy atom. The number of hydrogen-bond donors (Lipinski definition) is 0. The summed E-state index contributed by atoms with van der Waals surface area (Å²) >= 11 is 5.83. The molecule has 1 aromatic rings. The molecule has 1 unspecified atom stereocenters. The lowest BCUT2D eigenvalue weighted by atomic mass is 9.99. The second-order valence-corrected chi connectivity index (χ2v) is 3.57. The molecule has 1 rings (SSSR count). The summed E-state index contributed by atoms with van der Waals surface area (Å²) in [6.45, 7) is 2.02. The molecule has 0 spiro atoms. The zero-order valence-electron chi connectivity index (χ0n) is 7.66. The molecule has 1 aromatic carbocycles. The highest BCUT2D eigenvalue weighted by atomic mass is 35.5. The van der Waals surface area contributed by atoms with Gasteiger partial charge in [0.15, 0.2) is 0 Å². The van der Waals surface area contributed by atoms with E-state index in [0.29, 0.717) is 0 Å². The van der Waals surface area contributed by atoms with Gasteiger partial charge >= 0.3 is 0 Å². The molecule has 0 heterocycles. The van der Waals surface area contributed by atoms with E-state index in [1.807, 2.05) is 31.2 Å². The van der Waals surface area contributed by atoms with Gasteiger partial charge in [0.05, 0.1) is 0 Å². The summed E-state index contributed by atoms with van der Waals surface area (Å²) in [6.07, 6.45) is 2.69. The highest BCUT2D eigenvalue weighted by molar-refractivity contribution is 6.30. The molecule has 0 saturated carbocycles. The fourth-order valence-electron chi connectivity index (χ4n) is 1.26. The smallest absolute Gasteiger partial charge is 0.123 e. The van der Waals surface area contributed by atoms with Crippen LogP contribution in [0.15, 0.2) is 24.3 Å². The summed E-state index contributed by atoms with van der Waals surface area (Å²) in [6, 6.07) is 7.66. The molecule has 70 valence electrons. The van der Waals surface area contributed by atoms with Crippen molar-refractivity contribution in [2.75, 3.05) is 0 Å². The van der Waals surface area contributed by atoms with E-state index in [0.717, 1.165) is 29.7 Å². The predicted octanol–water partition coefficient (Wildman–Crippen LogP) is 3.11. The predicted molar refractivity (Wildman–Crippen MR) is 55.0 cm³/mol. The monoisotopic (exact) mass is 196 g/mol. The molecule has 0 bridgehead atoms. The van der Waals surface area contributed by atoms with Gasteiger partial charge in [-0.3, -0.25) is 0 Å². The Morgan fingerprint density at radius 2 is 2.31 bits per heavy atom. The first kappa shape index (κ1) is 10.3. The molecule has 0 saturated heterocycles. The van der Waals surface area contributed by atoms with Gasteiger partial charge in [0.2, 0.25) is 0 Å². The van der Waals surface area contributed by atoms with Crippen LogP contribution in [0, 0.1) is 5.92 Å². The summed E-state index contributed by atoms with van der Waals surface area (Å²) in [4.78, 5) is 10.6. The number of rotatable bonds is 4. The standard InChI is InChI=1S/C11H13ClO/c1-2-9(8-13)6-10-4-3-5-11(12)7-10/h3-5,7-9H,2,6H2,1H3. The molecule has 0 N–H and O–H groups in total. The van der Waals surface area contributed by atoms with Gasteiger partial charge in [-0.25, -0.2) is 0 Å². The van der Waals surface area contributed by atoms with Gasteiger partial charge in [-0.1, -0.05) is 30.7 Å². The molecule has 0 aliphatic heterocycles. The third-order valence-corrected chi connectivity index (χ3v) is 2.34. The normalized spacial score (nSPS) is 12.5. The molecular weight excluding hydrogens is 184 g/mol. The van der Waals surface area contributed by atoms with Crippen LogP contribution < -0.4 is 0 Å². The quantitative estimate of drug-likeness (QED) is 0.677. The second-order valence-electron chi connectivity index (χ2n) is 3.14. The Morgan fingerprint density at radius 1 is 1.54 bits per heavy atom. The Balaban J connectivity index is 2.67. The first-order valence-electron chi connectivity index (χ1n) is 4.46. The number of carbonyl (C=O) groups is 1. The van der Waals surface area contributed by atoms with Gasteiger partial charge in [-0.2, -0.15) is 0 Å². The van der Waals surface area contributed by atoms with E-state index in [1.165, 1.54) is 0 Å². The fourth-order valence-corrected chi connectivity index (χ4v) is 1.47. The minimum atomic E-state index is 0.124. The Hall–Kier alpha value is -0.820. The van der Waals surface area contributed by atoms with Crippen LogP contribution in [-0.4, -0.2) is 6.29 Å². The van der Waals surface area contributed by atoms with E-state index in [2.05, 4.69) is 0 Å². The summed E-state index contributed by atoms with van der Waals surface area (Å²) in [5, 5.41) is 0.734. The van der Waals surface area contributed by atoms with Crippen LogP contribution in [0.25, 0.3) is 0 Å². The van der Waals surface area contributed by atoms with Gasteiger partial charge in [0.25, 0.3) is 0 Å². The molecule has 13 heavy (non-hydrogen) atoms. The van der Waals surface area contributed by atoms with Crippen molar-refractivity contribution in [1.29, 1.82) is 0 Å². The van der Waals surface area contributed by atoms with Crippen molar-refractivity contribution in [3.05, 3.63) is 34.9 Å². The van der Waals surface area contributed by atoms with Crippen molar-refractivity contribution < 1.29 is 4.79 Å². The lowest BCUT2D eigenvalue weighted by Crippen LogP contribution is -2.04. The Kier molecular flexibility index (Phi) is 3.97. The van der Waals surface area contributed by atoms with Gasteiger partial charge in [-0.15, -0.1) is 0 Å². The maximum atomic E-state index is 10.6. The lowest BCUT2D eigenvalue weighted by Gasteiger charge is -2.06. The van der Waals surface area contributed by atoms with Crippen LogP contribution >= 0.6 is 11.6 Å². The molecular formula is C11H13ClO. The van der Waals surface area contributed by atoms with E-state index in [-0.39, 0.29) is 5.92 Å². The summed E-state index contributed by atoms with van der Waals surface area (Å²) in [7, 11) is 0. The van der Waals surface area contributed by atoms with Crippen LogP contribution in [0.2, 0.25) is 5.02 Å². The van der Waals surface area contributed by atoms with Crippen LogP contribution in [0.1, 0.15) is 18.9 Å². The lowest BCUT2D eigenvalue weighted by molar-refractivity contribution is -0.111. The van der Waals surface area contributed by atoms with Crippen molar-refractivity contribution in [2.45, 2.75) is 19.8 Å². The number of carbonyl (C=O) groups excluding carboxylic acids is 1. The van der Waals surface area contributed by atoms with Gasteiger partial charge in [0, 0.05) is 10.9 Å². The van der Waals surface area contributed by atoms with Gasteiger partial charge < -0.3 is 4.79 Å². The number of benzene rings is 1. The number of hydrogen-bond acceptors (Lipinski definition) is 1. The van der Waals surface area contributed by atoms with E-state index in [9.17, 15) is 4.79 Å². The second kappa shape index (κ2) is 5.03. The number of aldehydes is 1. The Labute approximate surface area is 83.7 Å².